The van der Waals surface area contributed by atoms with Crippen molar-refractivity contribution in [2.75, 3.05) is 19.7 Å². The highest BCUT2D eigenvalue weighted by Crippen LogP contribution is 2.24. The average molecular weight is 298 g/mol. The van der Waals surface area contributed by atoms with Gasteiger partial charge in [-0.2, -0.15) is 0 Å². The van der Waals surface area contributed by atoms with E-state index < -0.39 is 11.9 Å². The first kappa shape index (κ1) is 16.1. The summed E-state index contributed by atoms with van der Waals surface area (Å²) < 4.78 is 5.60. The summed E-state index contributed by atoms with van der Waals surface area (Å²) in [4.78, 5) is 25.5. The Balaban J connectivity index is 1.97. The van der Waals surface area contributed by atoms with Crippen molar-refractivity contribution in [3.8, 4) is 0 Å². The number of morpholine rings is 1. The molecule has 0 spiro atoms. The fourth-order valence-electron chi connectivity index (χ4n) is 3.22. The maximum atomic E-state index is 12.4. The third kappa shape index (κ3) is 4.33. The summed E-state index contributed by atoms with van der Waals surface area (Å²) in [5, 5.41) is 12.3. The highest BCUT2D eigenvalue weighted by atomic mass is 16.5. The summed E-state index contributed by atoms with van der Waals surface area (Å²) in [6.07, 6.45) is 4.34. The molecular formula is C15H26N2O4. The number of hydrogen-bond acceptors (Lipinski definition) is 3. The van der Waals surface area contributed by atoms with Crippen LogP contribution in [0, 0.1) is 5.92 Å². The van der Waals surface area contributed by atoms with Crippen molar-refractivity contribution in [3.05, 3.63) is 0 Å². The van der Waals surface area contributed by atoms with Gasteiger partial charge < -0.3 is 20.1 Å². The lowest BCUT2D eigenvalue weighted by Crippen LogP contribution is -2.56. The van der Waals surface area contributed by atoms with Crippen molar-refractivity contribution in [3.63, 3.8) is 0 Å². The predicted octanol–water partition coefficient (Wildman–Crippen LogP) is 1.84. The Morgan fingerprint density at radius 2 is 1.95 bits per heavy atom. The van der Waals surface area contributed by atoms with Crippen LogP contribution in [0.1, 0.15) is 46.0 Å². The number of aliphatic carboxylic acids is 1. The molecular weight excluding hydrogens is 272 g/mol. The number of carboxylic acids is 1. The van der Waals surface area contributed by atoms with Crippen LogP contribution in [0.3, 0.4) is 0 Å². The molecule has 2 unspecified atom stereocenters. The molecule has 2 N–H and O–H groups in total. The lowest BCUT2D eigenvalue weighted by Gasteiger charge is -2.39. The lowest BCUT2D eigenvalue weighted by atomic mass is 9.95. The van der Waals surface area contributed by atoms with Crippen LogP contribution in [0.2, 0.25) is 0 Å². The minimum Gasteiger partial charge on any atom is -0.481 e. The molecule has 2 atom stereocenters. The quantitative estimate of drug-likeness (QED) is 0.762. The van der Waals surface area contributed by atoms with Crippen molar-refractivity contribution in [1.82, 2.24) is 10.2 Å². The molecule has 0 aromatic heterocycles. The maximum absolute atomic E-state index is 12.4. The van der Waals surface area contributed by atoms with Crippen molar-refractivity contribution < 1.29 is 19.4 Å². The van der Waals surface area contributed by atoms with Crippen LogP contribution in [-0.2, 0) is 9.53 Å². The third-order valence-corrected chi connectivity index (χ3v) is 4.35. The van der Waals surface area contributed by atoms with Gasteiger partial charge in [-0.15, -0.1) is 0 Å². The third-order valence-electron chi connectivity index (χ3n) is 4.35. The molecule has 2 fully saturated rings. The molecule has 1 aliphatic heterocycles. The molecule has 0 aromatic rings. The fraction of sp³-hybridized carbons (Fsp3) is 0.867. The molecule has 2 aliphatic rings. The van der Waals surface area contributed by atoms with E-state index in [-0.39, 0.29) is 17.7 Å². The first-order chi connectivity index (χ1) is 9.89. The summed E-state index contributed by atoms with van der Waals surface area (Å²) >= 11 is 0. The minimum atomic E-state index is -0.801. The van der Waals surface area contributed by atoms with Crippen LogP contribution in [0.4, 0.5) is 4.79 Å². The fourth-order valence-corrected chi connectivity index (χ4v) is 3.22. The van der Waals surface area contributed by atoms with Crippen LogP contribution < -0.4 is 5.32 Å². The summed E-state index contributed by atoms with van der Waals surface area (Å²) in [6.45, 7) is 5.52. The summed E-state index contributed by atoms with van der Waals surface area (Å²) in [7, 11) is 0. The molecule has 2 rings (SSSR count). The minimum absolute atomic E-state index is 0.162. The zero-order valence-corrected chi connectivity index (χ0v) is 12.9. The zero-order chi connectivity index (χ0) is 15.5. The van der Waals surface area contributed by atoms with E-state index in [1.165, 1.54) is 0 Å². The molecule has 2 amide bonds. The molecule has 6 nitrogen and oxygen atoms in total. The van der Waals surface area contributed by atoms with E-state index in [1.54, 1.807) is 4.90 Å². The molecule has 1 heterocycles. The maximum Gasteiger partial charge on any atom is 0.317 e. The largest absolute Gasteiger partial charge is 0.481 e. The first-order valence-electron chi connectivity index (χ1n) is 7.81. The smallest absolute Gasteiger partial charge is 0.317 e. The second-order valence-corrected chi connectivity index (χ2v) is 6.67. The second-order valence-electron chi connectivity index (χ2n) is 6.67. The molecule has 0 bridgehead atoms. The second kappa shape index (κ2) is 6.64. The Bertz CT molecular complexity index is 397. The lowest BCUT2D eigenvalue weighted by molar-refractivity contribution is -0.142. The van der Waals surface area contributed by atoms with E-state index in [0.29, 0.717) is 26.1 Å². The van der Waals surface area contributed by atoms with Gasteiger partial charge in [0.15, 0.2) is 0 Å². The molecule has 21 heavy (non-hydrogen) atoms. The van der Waals surface area contributed by atoms with Gasteiger partial charge in [-0.05, 0) is 26.7 Å². The topological polar surface area (TPSA) is 78.9 Å². The van der Waals surface area contributed by atoms with Gasteiger partial charge in [-0.1, -0.05) is 19.3 Å². The van der Waals surface area contributed by atoms with Gasteiger partial charge in [0.2, 0.25) is 0 Å². The Kier molecular flexibility index (Phi) is 5.08. The van der Waals surface area contributed by atoms with Gasteiger partial charge in [0.25, 0.3) is 0 Å². The Labute approximate surface area is 125 Å². The van der Waals surface area contributed by atoms with Crippen molar-refractivity contribution in [1.29, 1.82) is 0 Å². The van der Waals surface area contributed by atoms with Gasteiger partial charge in [-0.25, -0.2) is 4.79 Å². The number of ether oxygens (including phenoxy) is 1. The molecule has 1 aliphatic carbocycles. The molecule has 120 valence electrons. The van der Waals surface area contributed by atoms with E-state index in [2.05, 4.69) is 5.32 Å². The highest BCUT2D eigenvalue weighted by Gasteiger charge is 2.34. The number of amides is 2. The van der Waals surface area contributed by atoms with Gasteiger partial charge in [0.05, 0.1) is 24.7 Å². The first-order valence-corrected chi connectivity index (χ1v) is 7.81. The summed E-state index contributed by atoms with van der Waals surface area (Å²) in [5.41, 5.74) is -0.342. The van der Waals surface area contributed by atoms with Crippen molar-refractivity contribution >= 4 is 12.0 Å². The number of nitrogens with one attached hydrogen (secondary N) is 1. The van der Waals surface area contributed by atoms with Crippen LogP contribution in [0.5, 0.6) is 0 Å². The van der Waals surface area contributed by atoms with E-state index in [0.717, 1.165) is 25.7 Å². The monoisotopic (exact) mass is 298 g/mol. The standard InChI is InChI=1S/C15H26N2O4/c1-15(2)10-17(8-9-21-15)14(20)16-12-7-5-3-4-6-11(12)13(18)19/h11-12H,3-10H2,1-2H3,(H,16,20)(H,18,19). The van der Waals surface area contributed by atoms with E-state index in [9.17, 15) is 14.7 Å². The number of urea groups is 1. The number of carboxylic acid groups (broad SMARTS) is 1. The summed E-state index contributed by atoms with van der Waals surface area (Å²) in [5.74, 6) is -1.27. The highest BCUT2D eigenvalue weighted by molar-refractivity contribution is 5.77. The number of hydrogen-bond donors (Lipinski definition) is 2. The zero-order valence-electron chi connectivity index (χ0n) is 12.9. The Morgan fingerprint density at radius 3 is 2.62 bits per heavy atom. The molecule has 6 heteroatoms. The molecule has 0 radical (unpaired) electrons. The van der Waals surface area contributed by atoms with E-state index in [1.807, 2.05) is 13.8 Å². The number of carbonyl (C=O) groups is 2. The SMILES string of the molecule is CC1(C)CN(C(=O)NC2CCCCCC2C(=O)O)CCO1. The number of rotatable bonds is 2. The summed E-state index contributed by atoms with van der Waals surface area (Å²) in [6, 6.07) is -0.423. The van der Waals surface area contributed by atoms with Crippen LogP contribution in [0.25, 0.3) is 0 Å². The number of nitrogens with zero attached hydrogens (tertiary/aromatic N) is 1. The average Bonchev–Trinajstić information content (AvgIpc) is 2.63. The molecule has 1 saturated heterocycles. The van der Waals surface area contributed by atoms with Gasteiger partial charge in [-0.3, -0.25) is 4.79 Å². The van der Waals surface area contributed by atoms with Gasteiger partial charge in [0.1, 0.15) is 0 Å². The van der Waals surface area contributed by atoms with Crippen molar-refractivity contribution in [2.45, 2.75) is 57.6 Å². The molecule has 1 saturated carbocycles. The van der Waals surface area contributed by atoms with Crippen LogP contribution in [-0.4, -0.2) is 53.3 Å². The Hall–Kier alpha value is -1.30. The van der Waals surface area contributed by atoms with Crippen molar-refractivity contribution in [2.24, 2.45) is 5.92 Å². The van der Waals surface area contributed by atoms with Gasteiger partial charge in [0, 0.05) is 12.6 Å². The van der Waals surface area contributed by atoms with Crippen LogP contribution in [0.15, 0.2) is 0 Å². The normalized spacial score (nSPS) is 29.5. The Morgan fingerprint density at radius 1 is 1.24 bits per heavy atom. The van der Waals surface area contributed by atoms with E-state index in [4.69, 9.17) is 4.74 Å². The van der Waals surface area contributed by atoms with Gasteiger partial charge >= 0.3 is 12.0 Å². The van der Waals surface area contributed by atoms with E-state index >= 15 is 0 Å². The molecule has 0 aromatic carbocycles. The predicted molar refractivity (Wildman–Crippen MR) is 78.1 cm³/mol. The number of carbonyl (C=O) groups excluding carboxylic acids is 1. The van der Waals surface area contributed by atoms with Crippen LogP contribution >= 0.6 is 0 Å².